The van der Waals surface area contributed by atoms with E-state index < -0.39 is 0 Å². The fraction of sp³-hybridized carbons (Fsp3) is 0.846. The van der Waals surface area contributed by atoms with Crippen LogP contribution in [0.3, 0.4) is 0 Å². The molecule has 0 saturated carbocycles. The number of nitrogens with two attached hydrogens (primary N) is 1. The first-order valence-electron chi connectivity index (χ1n) is 6.60. The zero-order chi connectivity index (χ0) is 12.8. The van der Waals surface area contributed by atoms with Gasteiger partial charge in [0.1, 0.15) is 0 Å². The minimum Gasteiger partial charge on any atom is -0.305 e. The summed E-state index contributed by atoms with van der Waals surface area (Å²) in [6, 6.07) is 0.767. The van der Waals surface area contributed by atoms with Crippen molar-refractivity contribution in [1.29, 1.82) is 0 Å². The zero-order valence-corrected chi connectivity index (χ0v) is 11.6. The van der Waals surface area contributed by atoms with Crippen LogP contribution in [0.25, 0.3) is 0 Å². The van der Waals surface area contributed by atoms with Gasteiger partial charge in [0.05, 0.1) is 0 Å². The fourth-order valence-electron chi connectivity index (χ4n) is 2.50. The van der Waals surface area contributed by atoms with E-state index in [0.29, 0.717) is 12.1 Å². The van der Waals surface area contributed by atoms with E-state index >= 15 is 0 Å². The van der Waals surface area contributed by atoms with Crippen LogP contribution < -0.4 is 11.3 Å². The molecule has 1 heterocycles. The van der Waals surface area contributed by atoms with Crippen LogP contribution in [0.4, 0.5) is 0 Å². The van der Waals surface area contributed by atoms with E-state index in [-0.39, 0.29) is 0 Å². The second-order valence-electron chi connectivity index (χ2n) is 5.24. The van der Waals surface area contributed by atoms with Gasteiger partial charge in [0.15, 0.2) is 0 Å². The molecule has 100 valence electrons. The monoisotopic (exact) mass is 240 g/mol. The molecular weight excluding hydrogens is 212 g/mol. The molecule has 0 aromatic heterocycles. The van der Waals surface area contributed by atoms with Crippen molar-refractivity contribution in [1.82, 2.24) is 15.2 Å². The van der Waals surface area contributed by atoms with Gasteiger partial charge >= 0.3 is 0 Å². The third-order valence-electron chi connectivity index (χ3n) is 3.80. The Kier molecular flexibility index (Phi) is 6.12. The number of hydrogen-bond acceptors (Lipinski definition) is 4. The lowest BCUT2D eigenvalue weighted by molar-refractivity contribution is 0.177. The van der Waals surface area contributed by atoms with E-state index in [0.717, 1.165) is 25.9 Å². The molecule has 1 aliphatic heterocycles. The quantitative estimate of drug-likeness (QED) is 0.424. The van der Waals surface area contributed by atoms with Gasteiger partial charge in [-0.15, -0.1) is 0 Å². The second-order valence-corrected chi connectivity index (χ2v) is 5.24. The molecule has 2 atom stereocenters. The first-order chi connectivity index (χ1) is 8.08. The maximum Gasteiger partial charge on any atom is 0.0415 e. The highest BCUT2D eigenvalue weighted by atomic mass is 15.3. The maximum atomic E-state index is 5.73. The molecular formula is C13H28N4. The average Bonchev–Trinajstić information content (AvgIpc) is 2.48. The highest BCUT2D eigenvalue weighted by Crippen LogP contribution is 2.16. The van der Waals surface area contributed by atoms with E-state index in [1.807, 2.05) is 0 Å². The Hall–Kier alpha value is -0.420. The number of rotatable bonds is 5. The molecule has 1 fully saturated rings. The topological polar surface area (TPSA) is 44.5 Å². The smallest absolute Gasteiger partial charge is 0.0415 e. The van der Waals surface area contributed by atoms with Gasteiger partial charge in [0.2, 0.25) is 0 Å². The SMILES string of the molecule is C=C(CC)CC(NN)C1CN(C)CCCN1C. The average molecular weight is 240 g/mol. The summed E-state index contributed by atoms with van der Waals surface area (Å²) < 4.78 is 0. The molecule has 3 N–H and O–H groups in total. The zero-order valence-electron chi connectivity index (χ0n) is 11.6. The Morgan fingerprint density at radius 2 is 2.18 bits per heavy atom. The minimum atomic E-state index is 0.299. The molecule has 1 aliphatic rings. The van der Waals surface area contributed by atoms with E-state index in [9.17, 15) is 0 Å². The largest absolute Gasteiger partial charge is 0.305 e. The molecule has 0 aromatic carbocycles. The van der Waals surface area contributed by atoms with E-state index in [4.69, 9.17) is 5.84 Å². The number of nitrogens with one attached hydrogen (secondary N) is 1. The van der Waals surface area contributed by atoms with E-state index in [1.165, 1.54) is 18.5 Å². The van der Waals surface area contributed by atoms with Crippen molar-refractivity contribution >= 4 is 0 Å². The van der Waals surface area contributed by atoms with Crippen LogP contribution >= 0.6 is 0 Å². The minimum absolute atomic E-state index is 0.299. The van der Waals surface area contributed by atoms with Crippen LogP contribution in [0.15, 0.2) is 12.2 Å². The Morgan fingerprint density at radius 1 is 1.47 bits per heavy atom. The Labute approximate surface area is 106 Å². The predicted octanol–water partition coefficient (Wildman–Crippen LogP) is 0.811. The van der Waals surface area contributed by atoms with Crippen molar-refractivity contribution in [2.45, 2.75) is 38.3 Å². The normalized spacial score (nSPS) is 25.5. The van der Waals surface area contributed by atoms with Crippen molar-refractivity contribution in [3.8, 4) is 0 Å². The van der Waals surface area contributed by atoms with Gasteiger partial charge in [-0.2, -0.15) is 0 Å². The molecule has 2 unspecified atom stereocenters. The summed E-state index contributed by atoms with van der Waals surface area (Å²) in [6.45, 7) is 9.64. The van der Waals surface area contributed by atoms with Gasteiger partial charge in [-0.05, 0) is 46.4 Å². The molecule has 1 saturated heterocycles. The molecule has 4 nitrogen and oxygen atoms in total. The lowest BCUT2D eigenvalue weighted by Gasteiger charge is -2.34. The molecule has 1 rings (SSSR count). The number of nitrogens with zero attached hydrogens (tertiary/aromatic N) is 2. The summed E-state index contributed by atoms with van der Waals surface area (Å²) in [4.78, 5) is 4.82. The summed E-state index contributed by atoms with van der Waals surface area (Å²) in [5.74, 6) is 5.73. The summed E-state index contributed by atoms with van der Waals surface area (Å²) in [7, 11) is 4.39. The van der Waals surface area contributed by atoms with Crippen LogP contribution in [0.5, 0.6) is 0 Å². The fourth-order valence-corrected chi connectivity index (χ4v) is 2.50. The lowest BCUT2D eigenvalue weighted by atomic mass is 9.98. The number of likely N-dealkylation sites (N-methyl/N-ethyl adjacent to an activating group) is 2. The Bertz CT molecular complexity index is 242. The molecule has 0 aliphatic carbocycles. The highest BCUT2D eigenvalue weighted by Gasteiger charge is 2.27. The number of hydrogen-bond donors (Lipinski definition) is 2. The van der Waals surface area contributed by atoms with Crippen molar-refractivity contribution < 1.29 is 0 Å². The van der Waals surface area contributed by atoms with Crippen molar-refractivity contribution in [3.05, 3.63) is 12.2 Å². The van der Waals surface area contributed by atoms with Crippen LogP contribution in [-0.4, -0.2) is 55.6 Å². The Morgan fingerprint density at radius 3 is 2.76 bits per heavy atom. The summed E-state index contributed by atoms with van der Waals surface area (Å²) in [5, 5.41) is 0. The molecule has 17 heavy (non-hydrogen) atoms. The molecule has 4 heteroatoms. The first-order valence-corrected chi connectivity index (χ1v) is 6.60. The predicted molar refractivity (Wildman–Crippen MR) is 73.7 cm³/mol. The molecule has 0 radical (unpaired) electrons. The Balaban J connectivity index is 2.66. The standard InChI is InChI=1S/C13H28N4/c1-5-11(2)9-12(15-14)13-10-16(3)7-6-8-17(13)4/h12-13,15H,2,5-10,14H2,1,3-4H3. The van der Waals surface area contributed by atoms with Gasteiger partial charge < -0.3 is 9.80 Å². The molecule has 0 aromatic rings. The summed E-state index contributed by atoms with van der Waals surface area (Å²) in [6.07, 6.45) is 3.23. The third kappa shape index (κ3) is 4.39. The molecule has 0 spiro atoms. The van der Waals surface area contributed by atoms with Gasteiger partial charge in [0.25, 0.3) is 0 Å². The van der Waals surface area contributed by atoms with Crippen molar-refractivity contribution in [2.24, 2.45) is 5.84 Å². The van der Waals surface area contributed by atoms with Crippen LogP contribution in [-0.2, 0) is 0 Å². The lowest BCUT2D eigenvalue weighted by Crippen LogP contribution is -2.54. The van der Waals surface area contributed by atoms with Gasteiger partial charge in [0, 0.05) is 18.6 Å². The van der Waals surface area contributed by atoms with Crippen LogP contribution in [0.2, 0.25) is 0 Å². The maximum absolute atomic E-state index is 5.73. The van der Waals surface area contributed by atoms with E-state index in [2.05, 4.69) is 42.8 Å². The van der Waals surface area contributed by atoms with Crippen LogP contribution in [0, 0.1) is 0 Å². The van der Waals surface area contributed by atoms with Crippen molar-refractivity contribution in [2.75, 3.05) is 33.7 Å². The summed E-state index contributed by atoms with van der Waals surface area (Å²) >= 11 is 0. The summed E-state index contributed by atoms with van der Waals surface area (Å²) in [5.41, 5.74) is 4.26. The van der Waals surface area contributed by atoms with Gasteiger partial charge in [-0.1, -0.05) is 19.1 Å². The second kappa shape index (κ2) is 7.11. The van der Waals surface area contributed by atoms with Crippen molar-refractivity contribution in [3.63, 3.8) is 0 Å². The third-order valence-corrected chi connectivity index (χ3v) is 3.80. The first kappa shape index (κ1) is 14.6. The van der Waals surface area contributed by atoms with Gasteiger partial charge in [-0.3, -0.25) is 11.3 Å². The van der Waals surface area contributed by atoms with Crippen LogP contribution in [0.1, 0.15) is 26.2 Å². The van der Waals surface area contributed by atoms with Gasteiger partial charge in [-0.25, -0.2) is 0 Å². The highest BCUT2D eigenvalue weighted by molar-refractivity contribution is 5.00. The number of hydrazine groups is 1. The van der Waals surface area contributed by atoms with E-state index in [1.54, 1.807) is 0 Å². The molecule has 0 bridgehead atoms. The molecule has 0 amide bonds.